The molecule has 3 aromatic heterocycles. The summed E-state index contributed by atoms with van der Waals surface area (Å²) in [6.45, 7) is 0.683. The second kappa shape index (κ2) is 6.14. The van der Waals surface area contributed by atoms with Gasteiger partial charge in [-0.15, -0.1) is 11.3 Å². The highest BCUT2D eigenvalue weighted by Crippen LogP contribution is 2.30. The smallest absolute Gasteiger partial charge is 0.290 e. The molecule has 4 heterocycles. The number of amides is 2. The summed E-state index contributed by atoms with van der Waals surface area (Å²) < 4.78 is 5.83. The van der Waals surface area contributed by atoms with Crippen LogP contribution >= 0.6 is 23.1 Å². The van der Waals surface area contributed by atoms with E-state index in [1.165, 1.54) is 4.88 Å². The van der Waals surface area contributed by atoms with Crippen LogP contribution in [0.4, 0.5) is 10.5 Å². The molecule has 120 valence electrons. The SMILES string of the molecule is O=C1NC(=O)/C(=C/c2cc3cncc(NCc4cccs4)c3o2)S1. The van der Waals surface area contributed by atoms with Crippen molar-refractivity contribution in [2.45, 2.75) is 6.54 Å². The molecule has 0 saturated carbocycles. The fraction of sp³-hybridized carbons (Fsp3) is 0.0625. The van der Waals surface area contributed by atoms with Crippen molar-refractivity contribution < 1.29 is 14.0 Å². The van der Waals surface area contributed by atoms with Gasteiger partial charge in [-0.2, -0.15) is 0 Å². The monoisotopic (exact) mass is 357 g/mol. The van der Waals surface area contributed by atoms with E-state index < -0.39 is 5.91 Å². The Morgan fingerprint density at radius 1 is 1.33 bits per heavy atom. The van der Waals surface area contributed by atoms with E-state index in [1.54, 1.807) is 35.9 Å². The number of rotatable bonds is 4. The first-order chi connectivity index (χ1) is 11.7. The minimum Gasteiger partial charge on any atom is -0.454 e. The Bertz CT molecular complexity index is 960. The van der Waals surface area contributed by atoms with E-state index in [1.807, 2.05) is 11.4 Å². The van der Waals surface area contributed by atoms with Crippen LogP contribution in [0.2, 0.25) is 0 Å². The van der Waals surface area contributed by atoms with E-state index in [-0.39, 0.29) is 5.24 Å². The number of carbonyl (C=O) groups excluding carboxylic acids is 2. The number of hydrogen-bond donors (Lipinski definition) is 2. The Morgan fingerprint density at radius 2 is 2.25 bits per heavy atom. The average Bonchev–Trinajstić information content (AvgIpc) is 3.26. The largest absolute Gasteiger partial charge is 0.454 e. The Labute approximate surface area is 144 Å². The summed E-state index contributed by atoms with van der Waals surface area (Å²) in [6, 6.07) is 5.85. The van der Waals surface area contributed by atoms with E-state index in [2.05, 4.69) is 21.7 Å². The molecular formula is C16H11N3O3S2. The van der Waals surface area contributed by atoms with E-state index in [9.17, 15) is 9.59 Å². The molecule has 8 heteroatoms. The van der Waals surface area contributed by atoms with Gasteiger partial charge in [-0.1, -0.05) is 6.07 Å². The molecule has 24 heavy (non-hydrogen) atoms. The van der Waals surface area contributed by atoms with Gasteiger partial charge in [-0.05, 0) is 29.3 Å². The summed E-state index contributed by atoms with van der Waals surface area (Å²) in [4.78, 5) is 28.6. The van der Waals surface area contributed by atoms with Gasteiger partial charge in [0.2, 0.25) is 0 Å². The second-order valence-corrected chi connectivity index (χ2v) is 7.09. The summed E-state index contributed by atoms with van der Waals surface area (Å²) in [5, 5.41) is 8.01. The predicted molar refractivity (Wildman–Crippen MR) is 94.8 cm³/mol. The van der Waals surface area contributed by atoms with Crippen molar-refractivity contribution in [1.29, 1.82) is 0 Å². The number of pyridine rings is 1. The molecule has 1 fully saturated rings. The van der Waals surface area contributed by atoms with Gasteiger partial charge in [0.25, 0.3) is 11.1 Å². The summed E-state index contributed by atoms with van der Waals surface area (Å²) in [5.74, 6) is 0.101. The normalized spacial score (nSPS) is 16.1. The quantitative estimate of drug-likeness (QED) is 0.691. The van der Waals surface area contributed by atoms with Crippen LogP contribution in [0, 0.1) is 0 Å². The van der Waals surface area contributed by atoms with E-state index in [4.69, 9.17) is 4.42 Å². The number of anilines is 1. The van der Waals surface area contributed by atoms with Gasteiger partial charge in [0.1, 0.15) is 5.76 Å². The Balaban J connectivity index is 1.63. The Kier molecular flexibility index (Phi) is 3.83. The summed E-state index contributed by atoms with van der Waals surface area (Å²) in [7, 11) is 0. The number of carbonyl (C=O) groups is 2. The van der Waals surface area contributed by atoms with Crippen LogP contribution < -0.4 is 10.6 Å². The lowest BCUT2D eigenvalue weighted by Crippen LogP contribution is -2.17. The molecule has 0 spiro atoms. The fourth-order valence-corrected chi connectivity index (χ4v) is 3.63. The van der Waals surface area contributed by atoms with Crippen LogP contribution in [0.1, 0.15) is 10.6 Å². The topological polar surface area (TPSA) is 84.2 Å². The molecular weight excluding hydrogens is 346 g/mol. The van der Waals surface area contributed by atoms with Crippen molar-refractivity contribution in [3.63, 3.8) is 0 Å². The number of nitrogens with zero attached hydrogens (tertiary/aromatic N) is 1. The van der Waals surface area contributed by atoms with Crippen molar-refractivity contribution in [3.8, 4) is 0 Å². The van der Waals surface area contributed by atoms with Crippen LogP contribution in [0.5, 0.6) is 0 Å². The zero-order valence-electron chi connectivity index (χ0n) is 12.2. The molecule has 0 unspecified atom stereocenters. The number of fused-ring (bicyclic) bond motifs is 1. The van der Waals surface area contributed by atoms with Gasteiger partial charge < -0.3 is 9.73 Å². The van der Waals surface area contributed by atoms with Gasteiger partial charge in [0.05, 0.1) is 16.8 Å². The first-order valence-corrected chi connectivity index (χ1v) is 8.77. The third-order valence-corrected chi connectivity index (χ3v) is 5.08. The molecule has 0 aliphatic carbocycles. The Morgan fingerprint density at radius 3 is 3.00 bits per heavy atom. The number of hydrogen-bond acceptors (Lipinski definition) is 7. The molecule has 0 radical (unpaired) electrons. The minimum absolute atomic E-state index is 0.320. The zero-order valence-corrected chi connectivity index (χ0v) is 13.9. The van der Waals surface area contributed by atoms with E-state index in [0.717, 1.165) is 22.8 Å². The molecule has 2 amide bonds. The molecule has 0 aromatic carbocycles. The summed E-state index contributed by atoms with van der Waals surface area (Å²) >= 11 is 2.54. The van der Waals surface area contributed by atoms with E-state index in [0.29, 0.717) is 22.8 Å². The maximum atomic E-state index is 11.6. The molecule has 1 aliphatic rings. The average molecular weight is 357 g/mol. The molecule has 4 rings (SSSR count). The number of thiophene rings is 1. The molecule has 1 saturated heterocycles. The van der Waals surface area contributed by atoms with Crippen LogP contribution in [-0.4, -0.2) is 16.1 Å². The maximum absolute atomic E-state index is 11.6. The van der Waals surface area contributed by atoms with E-state index >= 15 is 0 Å². The number of thioether (sulfide) groups is 1. The third kappa shape index (κ3) is 2.93. The standard InChI is InChI=1S/C16H11N3O3S2/c20-15-13(24-16(21)19-15)5-10-4-9-6-17-8-12(14(9)22-10)18-7-11-2-1-3-23-11/h1-6,8,18H,7H2,(H,19,20,21)/b13-5-. The molecule has 3 aromatic rings. The van der Waals surface area contributed by atoms with Crippen LogP contribution in [0.3, 0.4) is 0 Å². The number of imide groups is 1. The van der Waals surface area contributed by atoms with Gasteiger partial charge in [-0.25, -0.2) is 0 Å². The second-order valence-electron chi connectivity index (χ2n) is 5.04. The highest BCUT2D eigenvalue weighted by atomic mass is 32.2. The van der Waals surface area contributed by atoms with Crippen LogP contribution in [0.25, 0.3) is 17.0 Å². The lowest BCUT2D eigenvalue weighted by atomic mass is 10.3. The fourth-order valence-electron chi connectivity index (χ4n) is 2.32. The number of nitrogens with one attached hydrogen (secondary N) is 2. The van der Waals surface area contributed by atoms with Crippen LogP contribution in [0.15, 0.2) is 45.3 Å². The molecule has 1 aliphatic heterocycles. The van der Waals surface area contributed by atoms with Gasteiger partial charge in [0, 0.05) is 29.1 Å². The third-order valence-electron chi connectivity index (χ3n) is 3.39. The Hall–Kier alpha value is -2.58. The minimum atomic E-state index is -0.403. The molecule has 0 atom stereocenters. The molecule has 2 N–H and O–H groups in total. The van der Waals surface area contributed by atoms with Gasteiger partial charge >= 0.3 is 0 Å². The summed E-state index contributed by atoms with van der Waals surface area (Å²) in [5.41, 5.74) is 1.45. The van der Waals surface area contributed by atoms with Crippen molar-refractivity contribution in [2.75, 3.05) is 5.32 Å². The lowest BCUT2D eigenvalue weighted by molar-refractivity contribution is -0.115. The highest BCUT2D eigenvalue weighted by molar-refractivity contribution is 8.18. The molecule has 6 nitrogen and oxygen atoms in total. The zero-order chi connectivity index (χ0) is 16.5. The highest BCUT2D eigenvalue weighted by Gasteiger charge is 2.25. The predicted octanol–water partition coefficient (Wildman–Crippen LogP) is 3.83. The first kappa shape index (κ1) is 15.0. The maximum Gasteiger partial charge on any atom is 0.290 e. The number of aromatic nitrogens is 1. The van der Waals surface area contributed by atoms with Crippen molar-refractivity contribution >= 4 is 57.0 Å². The lowest BCUT2D eigenvalue weighted by Gasteiger charge is -2.04. The van der Waals surface area contributed by atoms with Crippen molar-refractivity contribution in [1.82, 2.24) is 10.3 Å². The summed E-state index contributed by atoms with van der Waals surface area (Å²) in [6.07, 6.45) is 4.97. The van der Waals surface area contributed by atoms with Crippen LogP contribution in [-0.2, 0) is 11.3 Å². The van der Waals surface area contributed by atoms with Crippen molar-refractivity contribution in [2.24, 2.45) is 0 Å². The van der Waals surface area contributed by atoms with Crippen molar-refractivity contribution in [3.05, 3.63) is 51.5 Å². The van der Waals surface area contributed by atoms with Gasteiger partial charge in [0.15, 0.2) is 5.58 Å². The first-order valence-electron chi connectivity index (χ1n) is 7.08. The number of furan rings is 1. The molecule has 0 bridgehead atoms. The van der Waals surface area contributed by atoms with Gasteiger partial charge in [-0.3, -0.25) is 19.9 Å².